The van der Waals surface area contributed by atoms with Gasteiger partial charge in [0.05, 0.1) is 19.8 Å². The number of likely N-dealkylation sites (tertiary alicyclic amines) is 1. The predicted octanol–water partition coefficient (Wildman–Crippen LogP) is 0.0303. The summed E-state index contributed by atoms with van der Waals surface area (Å²) in [6.45, 7) is 5.14. The molecule has 0 aliphatic carbocycles. The van der Waals surface area contributed by atoms with Gasteiger partial charge < -0.3 is 14.7 Å². The number of ether oxygens (including phenoxy) is 1. The summed E-state index contributed by atoms with van der Waals surface area (Å²) in [7, 11) is 0. The van der Waals surface area contributed by atoms with Crippen molar-refractivity contribution in [3.8, 4) is 0 Å². The molecule has 1 atom stereocenters. The van der Waals surface area contributed by atoms with Gasteiger partial charge in [0.1, 0.15) is 6.04 Å². The van der Waals surface area contributed by atoms with Gasteiger partial charge in [-0.1, -0.05) is 6.92 Å². The molecule has 0 saturated carbocycles. The first-order valence-electron chi connectivity index (χ1n) is 6.90. The van der Waals surface area contributed by atoms with Gasteiger partial charge >= 0.3 is 5.97 Å². The second-order valence-electron chi connectivity index (χ2n) is 5.46. The molecule has 2 aliphatic rings. The zero-order chi connectivity index (χ0) is 13.8. The molecule has 0 radical (unpaired) electrons. The maximum absolute atomic E-state index is 12.2. The smallest absolute Gasteiger partial charge is 0.323 e. The molecule has 108 valence electrons. The fourth-order valence-electron chi connectivity index (χ4n) is 2.59. The summed E-state index contributed by atoms with van der Waals surface area (Å²) >= 11 is 0. The number of nitrogens with zero attached hydrogens (tertiary/aromatic N) is 2. The van der Waals surface area contributed by atoms with Crippen LogP contribution in [-0.2, 0) is 14.3 Å². The fraction of sp³-hybridized carbons (Fsp3) is 0.846. The molecule has 6 nitrogen and oxygen atoms in total. The Kier molecular flexibility index (Phi) is 4.76. The molecule has 0 aromatic rings. The van der Waals surface area contributed by atoms with Gasteiger partial charge in [0, 0.05) is 19.6 Å². The fourth-order valence-corrected chi connectivity index (χ4v) is 2.59. The minimum absolute atomic E-state index is 0.0417. The van der Waals surface area contributed by atoms with Crippen LogP contribution < -0.4 is 0 Å². The molecule has 2 saturated heterocycles. The van der Waals surface area contributed by atoms with Crippen molar-refractivity contribution in [3.05, 3.63) is 0 Å². The molecule has 0 aromatic heterocycles. The number of hydrogen-bond donors (Lipinski definition) is 1. The lowest BCUT2D eigenvalue weighted by Gasteiger charge is -2.35. The molecule has 19 heavy (non-hydrogen) atoms. The van der Waals surface area contributed by atoms with E-state index in [2.05, 4.69) is 6.92 Å². The Bertz CT molecular complexity index is 340. The van der Waals surface area contributed by atoms with Crippen LogP contribution in [0.15, 0.2) is 0 Å². The van der Waals surface area contributed by atoms with Crippen molar-refractivity contribution in [2.24, 2.45) is 5.92 Å². The van der Waals surface area contributed by atoms with E-state index in [4.69, 9.17) is 9.84 Å². The summed E-state index contributed by atoms with van der Waals surface area (Å²) in [5.74, 6) is -0.195. The lowest BCUT2D eigenvalue weighted by molar-refractivity contribution is -0.151. The van der Waals surface area contributed by atoms with E-state index in [1.807, 2.05) is 4.90 Å². The highest BCUT2D eigenvalue weighted by Gasteiger charge is 2.32. The van der Waals surface area contributed by atoms with Gasteiger partial charge in [-0.3, -0.25) is 14.5 Å². The highest BCUT2D eigenvalue weighted by atomic mass is 16.5. The quantitative estimate of drug-likeness (QED) is 0.783. The largest absolute Gasteiger partial charge is 0.480 e. The van der Waals surface area contributed by atoms with Crippen LogP contribution in [0.4, 0.5) is 0 Å². The van der Waals surface area contributed by atoms with E-state index in [-0.39, 0.29) is 19.1 Å². The standard InChI is InChI=1S/C13H22N2O4/c1-10-2-4-14(5-3-10)12(16)8-15-6-7-19-9-11(15)13(17)18/h10-11H,2-9H2,1H3,(H,17,18). The average Bonchev–Trinajstić information content (AvgIpc) is 2.39. The van der Waals surface area contributed by atoms with Crippen molar-refractivity contribution in [2.75, 3.05) is 39.4 Å². The van der Waals surface area contributed by atoms with Gasteiger partial charge in [-0.15, -0.1) is 0 Å². The number of piperidine rings is 1. The van der Waals surface area contributed by atoms with E-state index >= 15 is 0 Å². The monoisotopic (exact) mass is 270 g/mol. The maximum atomic E-state index is 12.2. The molecule has 2 heterocycles. The second kappa shape index (κ2) is 6.34. The molecule has 0 bridgehead atoms. The van der Waals surface area contributed by atoms with Crippen molar-refractivity contribution in [1.82, 2.24) is 9.80 Å². The molecule has 2 aliphatic heterocycles. The molecule has 0 spiro atoms. The average molecular weight is 270 g/mol. The van der Waals surface area contributed by atoms with Crippen molar-refractivity contribution in [1.29, 1.82) is 0 Å². The number of amides is 1. The molecular formula is C13H22N2O4. The second-order valence-corrected chi connectivity index (χ2v) is 5.46. The Hall–Kier alpha value is -1.14. The van der Waals surface area contributed by atoms with Crippen LogP contribution in [-0.4, -0.2) is 72.2 Å². The highest BCUT2D eigenvalue weighted by molar-refractivity contribution is 5.80. The van der Waals surface area contributed by atoms with E-state index in [0.717, 1.165) is 25.9 Å². The number of carboxylic acid groups (broad SMARTS) is 1. The number of morpholine rings is 1. The van der Waals surface area contributed by atoms with Gasteiger partial charge in [-0.25, -0.2) is 0 Å². The minimum Gasteiger partial charge on any atom is -0.480 e. The van der Waals surface area contributed by atoms with E-state index in [1.54, 1.807) is 4.90 Å². The first-order valence-corrected chi connectivity index (χ1v) is 6.90. The summed E-state index contributed by atoms with van der Waals surface area (Å²) < 4.78 is 5.17. The molecule has 2 rings (SSSR count). The minimum atomic E-state index is -0.917. The lowest BCUT2D eigenvalue weighted by Crippen LogP contribution is -2.54. The number of rotatable bonds is 3. The number of carbonyl (C=O) groups excluding carboxylic acids is 1. The van der Waals surface area contributed by atoms with Crippen molar-refractivity contribution in [2.45, 2.75) is 25.8 Å². The van der Waals surface area contributed by atoms with Gasteiger partial charge in [-0.2, -0.15) is 0 Å². The van der Waals surface area contributed by atoms with Gasteiger partial charge in [0.25, 0.3) is 0 Å². The third-order valence-corrected chi connectivity index (χ3v) is 4.00. The topological polar surface area (TPSA) is 70.1 Å². The number of hydrogen-bond acceptors (Lipinski definition) is 4. The number of aliphatic carboxylic acids is 1. The van der Waals surface area contributed by atoms with Crippen LogP contribution in [0.2, 0.25) is 0 Å². The Morgan fingerprint density at radius 3 is 2.58 bits per heavy atom. The Morgan fingerprint density at radius 1 is 1.26 bits per heavy atom. The van der Waals surface area contributed by atoms with Crippen molar-refractivity contribution < 1.29 is 19.4 Å². The van der Waals surface area contributed by atoms with E-state index in [1.165, 1.54) is 0 Å². The van der Waals surface area contributed by atoms with E-state index in [0.29, 0.717) is 19.1 Å². The zero-order valence-electron chi connectivity index (χ0n) is 11.4. The summed E-state index contributed by atoms with van der Waals surface area (Å²) in [4.78, 5) is 26.9. The van der Waals surface area contributed by atoms with E-state index in [9.17, 15) is 9.59 Å². The third-order valence-electron chi connectivity index (χ3n) is 4.00. The third kappa shape index (κ3) is 3.67. The van der Waals surface area contributed by atoms with Gasteiger partial charge in [0.2, 0.25) is 5.91 Å². The Labute approximate surface area is 113 Å². The molecular weight excluding hydrogens is 248 g/mol. The Morgan fingerprint density at radius 2 is 1.95 bits per heavy atom. The SMILES string of the molecule is CC1CCN(C(=O)CN2CCOCC2C(=O)O)CC1. The number of carboxylic acids is 1. The van der Waals surface area contributed by atoms with Crippen LogP contribution in [0.5, 0.6) is 0 Å². The molecule has 1 N–H and O–H groups in total. The van der Waals surface area contributed by atoms with Crippen molar-refractivity contribution >= 4 is 11.9 Å². The Balaban J connectivity index is 1.88. The van der Waals surface area contributed by atoms with Gasteiger partial charge in [0.15, 0.2) is 0 Å². The maximum Gasteiger partial charge on any atom is 0.323 e. The van der Waals surface area contributed by atoms with Crippen LogP contribution in [0.25, 0.3) is 0 Å². The van der Waals surface area contributed by atoms with Crippen LogP contribution in [0, 0.1) is 5.92 Å². The van der Waals surface area contributed by atoms with Crippen molar-refractivity contribution in [3.63, 3.8) is 0 Å². The van der Waals surface area contributed by atoms with Gasteiger partial charge in [-0.05, 0) is 18.8 Å². The normalized spacial score (nSPS) is 26.4. The zero-order valence-corrected chi connectivity index (χ0v) is 11.4. The molecule has 1 unspecified atom stereocenters. The first kappa shape index (κ1) is 14.3. The first-order chi connectivity index (χ1) is 9.08. The van der Waals surface area contributed by atoms with Crippen LogP contribution in [0.3, 0.4) is 0 Å². The molecule has 0 aromatic carbocycles. The highest BCUT2D eigenvalue weighted by Crippen LogP contribution is 2.16. The van der Waals surface area contributed by atoms with Crippen LogP contribution >= 0.6 is 0 Å². The molecule has 6 heteroatoms. The summed E-state index contributed by atoms with van der Waals surface area (Å²) in [6.07, 6.45) is 2.08. The van der Waals surface area contributed by atoms with E-state index < -0.39 is 12.0 Å². The summed E-state index contributed by atoms with van der Waals surface area (Å²) in [5.41, 5.74) is 0. The molecule has 1 amide bonds. The number of carbonyl (C=O) groups is 2. The lowest BCUT2D eigenvalue weighted by atomic mass is 9.99. The summed E-state index contributed by atoms with van der Waals surface area (Å²) in [5, 5.41) is 9.12. The van der Waals surface area contributed by atoms with Crippen LogP contribution in [0.1, 0.15) is 19.8 Å². The summed E-state index contributed by atoms with van der Waals surface area (Å²) in [6, 6.07) is -0.693. The molecule has 2 fully saturated rings. The predicted molar refractivity (Wildman–Crippen MR) is 68.8 cm³/mol.